The van der Waals surface area contributed by atoms with E-state index < -0.39 is 0 Å². The third-order valence-corrected chi connectivity index (χ3v) is 5.79. The first-order valence-corrected chi connectivity index (χ1v) is 10.7. The number of hydrogen-bond donors (Lipinski definition) is 3. The lowest BCUT2D eigenvalue weighted by Crippen LogP contribution is -2.36. The Kier molecular flexibility index (Phi) is 6.69. The Bertz CT molecular complexity index is 1050. The highest BCUT2D eigenvalue weighted by atomic mass is 16.5. The number of nitrogens with zero attached hydrogens (tertiary/aromatic N) is 3. The Balaban J connectivity index is 1.37. The van der Waals surface area contributed by atoms with Gasteiger partial charge in [-0.05, 0) is 42.9 Å². The number of nitrogen functional groups attached to an aromatic ring is 1. The van der Waals surface area contributed by atoms with Gasteiger partial charge in [0.2, 0.25) is 0 Å². The second-order valence-corrected chi connectivity index (χ2v) is 7.86. The molecular formula is C24H28N6O2. The lowest BCUT2D eigenvalue weighted by atomic mass is 9.90. The van der Waals surface area contributed by atoms with E-state index in [4.69, 9.17) is 10.5 Å². The molecule has 8 nitrogen and oxygen atoms in total. The van der Waals surface area contributed by atoms with Gasteiger partial charge < -0.3 is 15.4 Å². The highest BCUT2D eigenvalue weighted by Crippen LogP contribution is 2.30. The van der Waals surface area contributed by atoms with Gasteiger partial charge in [0.1, 0.15) is 17.8 Å². The molecule has 0 atom stereocenters. The largest absolute Gasteiger partial charge is 0.496 e. The van der Waals surface area contributed by atoms with Crippen LogP contribution in [0.4, 0.5) is 17.3 Å². The maximum Gasteiger partial charge on any atom is 0.273 e. The van der Waals surface area contributed by atoms with E-state index >= 15 is 0 Å². The number of ether oxygens (including phenoxy) is 1. The molecule has 2 aromatic carbocycles. The predicted molar refractivity (Wildman–Crippen MR) is 126 cm³/mol. The number of aromatic nitrogens is 2. The number of carbonyl (C=O) groups excluding carboxylic acids is 1. The van der Waals surface area contributed by atoms with Crippen LogP contribution in [-0.4, -0.2) is 36.1 Å². The van der Waals surface area contributed by atoms with E-state index in [-0.39, 0.29) is 5.91 Å². The number of hydrogen-bond acceptors (Lipinski definition) is 7. The van der Waals surface area contributed by atoms with Gasteiger partial charge in [-0.25, -0.2) is 9.97 Å². The molecular weight excluding hydrogens is 404 g/mol. The van der Waals surface area contributed by atoms with Crippen LogP contribution in [0.15, 0.2) is 60.9 Å². The summed E-state index contributed by atoms with van der Waals surface area (Å²) in [4.78, 5) is 23.3. The Morgan fingerprint density at radius 2 is 1.81 bits per heavy atom. The zero-order valence-electron chi connectivity index (χ0n) is 18.1. The number of nitrogens with one attached hydrogen (secondary N) is 2. The molecule has 3 aromatic rings. The van der Waals surface area contributed by atoms with Crippen LogP contribution in [0.1, 0.15) is 28.8 Å². The predicted octanol–water partition coefficient (Wildman–Crippen LogP) is 3.28. The van der Waals surface area contributed by atoms with Crippen molar-refractivity contribution in [2.75, 3.05) is 36.3 Å². The van der Waals surface area contributed by atoms with Crippen molar-refractivity contribution in [1.82, 2.24) is 15.4 Å². The molecule has 1 amide bonds. The molecule has 1 aromatic heterocycles. The maximum atomic E-state index is 12.5. The average molecular weight is 433 g/mol. The molecule has 0 radical (unpaired) electrons. The third kappa shape index (κ3) is 4.91. The molecule has 1 aliphatic rings. The van der Waals surface area contributed by atoms with E-state index in [9.17, 15) is 4.79 Å². The molecule has 1 saturated heterocycles. The highest BCUT2D eigenvalue weighted by Gasteiger charge is 2.23. The van der Waals surface area contributed by atoms with Crippen molar-refractivity contribution in [1.29, 1.82) is 0 Å². The molecule has 0 aliphatic carbocycles. The highest BCUT2D eigenvalue weighted by molar-refractivity contribution is 5.97. The molecule has 0 unspecified atom stereocenters. The summed E-state index contributed by atoms with van der Waals surface area (Å²) in [5, 5.41) is 0. The zero-order valence-corrected chi connectivity index (χ0v) is 18.1. The first-order valence-electron chi connectivity index (χ1n) is 10.7. The standard InChI is InChI=1S/C24H28N6O2/c1-32-20-10-6-5-9-19(20)24(31)29-28-22-21(25)23(27-16-26-22)30-13-11-18(12-14-30)15-17-7-3-2-4-8-17/h2-10,16,18H,11-15,25H2,1H3,(H,29,31)(H,26,27,28). The molecule has 4 rings (SSSR count). The minimum absolute atomic E-state index is 0.344. The number of piperidine rings is 1. The van der Waals surface area contributed by atoms with Gasteiger partial charge in [0, 0.05) is 13.1 Å². The Morgan fingerprint density at radius 1 is 1.09 bits per heavy atom. The van der Waals surface area contributed by atoms with Crippen LogP contribution in [0.2, 0.25) is 0 Å². The van der Waals surface area contributed by atoms with Crippen molar-refractivity contribution in [3.63, 3.8) is 0 Å². The first kappa shape index (κ1) is 21.4. The normalized spacial score (nSPS) is 14.1. The van der Waals surface area contributed by atoms with Gasteiger partial charge in [0.05, 0.1) is 12.7 Å². The van der Waals surface area contributed by atoms with Gasteiger partial charge in [-0.15, -0.1) is 0 Å². The molecule has 32 heavy (non-hydrogen) atoms. The van der Waals surface area contributed by atoms with Gasteiger partial charge in [0.25, 0.3) is 5.91 Å². The van der Waals surface area contributed by atoms with Crippen molar-refractivity contribution in [3.05, 3.63) is 72.1 Å². The second-order valence-electron chi connectivity index (χ2n) is 7.86. The topological polar surface area (TPSA) is 105 Å². The molecule has 166 valence electrons. The fourth-order valence-electron chi connectivity index (χ4n) is 4.05. The molecule has 0 saturated carbocycles. The minimum atomic E-state index is -0.344. The monoisotopic (exact) mass is 432 g/mol. The minimum Gasteiger partial charge on any atom is -0.496 e. The van der Waals surface area contributed by atoms with E-state index in [1.165, 1.54) is 19.0 Å². The number of nitrogens with two attached hydrogens (primary N) is 1. The Hall–Kier alpha value is -3.81. The van der Waals surface area contributed by atoms with Gasteiger partial charge in [-0.2, -0.15) is 0 Å². The van der Waals surface area contributed by atoms with E-state index in [0.29, 0.717) is 34.6 Å². The molecule has 0 spiro atoms. The van der Waals surface area contributed by atoms with Crippen LogP contribution in [-0.2, 0) is 6.42 Å². The summed E-state index contributed by atoms with van der Waals surface area (Å²) in [5.74, 6) is 1.84. The molecule has 4 N–H and O–H groups in total. The number of anilines is 3. The van der Waals surface area contributed by atoms with Crippen LogP contribution < -0.4 is 26.2 Å². The Morgan fingerprint density at radius 3 is 2.56 bits per heavy atom. The van der Waals surface area contributed by atoms with E-state index in [2.05, 4.69) is 50.0 Å². The van der Waals surface area contributed by atoms with Crippen molar-refractivity contribution in [2.24, 2.45) is 5.92 Å². The summed E-state index contributed by atoms with van der Waals surface area (Å²) in [7, 11) is 1.53. The van der Waals surface area contributed by atoms with Crippen LogP contribution in [0.5, 0.6) is 5.75 Å². The summed E-state index contributed by atoms with van der Waals surface area (Å²) in [6.07, 6.45) is 4.70. The average Bonchev–Trinajstić information content (AvgIpc) is 2.84. The summed E-state index contributed by atoms with van der Waals surface area (Å²) >= 11 is 0. The van der Waals surface area contributed by atoms with Crippen molar-refractivity contribution in [2.45, 2.75) is 19.3 Å². The molecule has 1 aliphatic heterocycles. The maximum absolute atomic E-state index is 12.5. The molecule has 8 heteroatoms. The number of benzene rings is 2. The Labute approximate surface area is 187 Å². The molecule has 1 fully saturated rings. The van der Waals surface area contributed by atoms with Crippen LogP contribution in [0.3, 0.4) is 0 Å². The van der Waals surface area contributed by atoms with Gasteiger partial charge in [0.15, 0.2) is 11.6 Å². The summed E-state index contributed by atoms with van der Waals surface area (Å²) in [5.41, 5.74) is 14.0. The number of carbonyl (C=O) groups is 1. The number of rotatable bonds is 7. The first-order chi connectivity index (χ1) is 15.7. The molecule has 2 heterocycles. The number of methoxy groups -OCH3 is 1. The van der Waals surface area contributed by atoms with Crippen LogP contribution in [0, 0.1) is 5.92 Å². The van der Waals surface area contributed by atoms with Gasteiger partial charge in [-0.1, -0.05) is 42.5 Å². The quantitative estimate of drug-likeness (QED) is 0.492. The van der Waals surface area contributed by atoms with E-state index in [1.807, 2.05) is 6.07 Å². The zero-order chi connectivity index (χ0) is 22.3. The van der Waals surface area contributed by atoms with Crippen molar-refractivity contribution in [3.8, 4) is 5.75 Å². The fourth-order valence-corrected chi connectivity index (χ4v) is 4.05. The van der Waals surface area contributed by atoms with Crippen LogP contribution in [0.25, 0.3) is 0 Å². The SMILES string of the molecule is COc1ccccc1C(=O)NNc1ncnc(N2CCC(Cc3ccccc3)CC2)c1N. The second kappa shape index (κ2) is 10.00. The number of hydrazine groups is 1. The van der Waals surface area contributed by atoms with E-state index in [0.717, 1.165) is 32.4 Å². The summed E-state index contributed by atoms with van der Waals surface area (Å²) in [6, 6.07) is 17.6. The van der Waals surface area contributed by atoms with Gasteiger partial charge in [-0.3, -0.25) is 15.6 Å². The number of amides is 1. The smallest absolute Gasteiger partial charge is 0.273 e. The molecule has 0 bridgehead atoms. The van der Waals surface area contributed by atoms with Crippen molar-refractivity contribution >= 4 is 23.2 Å². The summed E-state index contributed by atoms with van der Waals surface area (Å²) < 4.78 is 5.24. The number of para-hydroxylation sites is 1. The fraction of sp³-hybridized carbons (Fsp3) is 0.292. The third-order valence-electron chi connectivity index (χ3n) is 5.79. The van der Waals surface area contributed by atoms with Gasteiger partial charge >= 0.3 is 0 Å². The lowest BCUT2D eigenvalue weighted by Gasteiger charge is -2.33. The van der Waals surface area contributed by atoms with E-state index in [1.54, 1.807) is 24.3 Å². The van der Waals surface area contributed by atoms with Crippen LogP contribution >= 0.6 is 0 Å². The summed E-state index contributed by atoms with van der Waals surface area (Å²) in [6.45, 7) is 1.76. The lowest BCUT2D eigenvalue weighted by molar-refractivity contribution is 0.0959. The van der Waals surface area contributed by atoms with Crippen molar-refractivity contribution < 1.29 is 9.53 Å².